The van der Waals surface area contributed by atoms with E-state index in [-0.39, 0.29) is 11.5 Å². The smallest absolute Gasteiger partial charge is 0.275 e. The fourth-order valence-corrected chi connectivity index (χ4v) is 4.27. The van der Waals surface area contributed by atoms with Crippen LogP contribution in [0.15, 0.2) is 53.3 Å². The minimum absolute atomic E-state index is 0.105. The molecule has 2 fully saturated rings. The number of hydrogen-bond donors (Lipinski definition) is 0. The SMILES string of the molecule is Cn1nc(C(=O)N2CCN(c3ccccc3C3CC3)CC2)c2ccccc2c1=O. The first-order valence-electron chi connectivity index (χ1n) is 10.2. The number of piperazine rings is 1. The predicted octanol–water partition coefficient (Wildman–Crippen LogP) is 2.77. The molecule has 0 atom stereocenters. The van der Waals surface area contributed by atoms with Crippen molar-refractivity contribution in [2.75, 3.05) is 31.1 Å². The summed E-state index contributed by atoms with van der Waals surface area (Å²) >= 11 is 0. The molecule has 2 aliphatic rings. The van der Waals surface area contributed by atoms with Gasteiger partial charge in [-0.1, -0.05) is 36.4 Å². The van der Waals surface area contributed by atoms with E-state index in [4.69, 9.17) is 0 Å². The molecule has 1 saturated carbocycles. The van der Waals surface area contributed by atoms with Gasteiger partial charge >= 0.3 is 0 Å². The molecule has 1 aliphatic carbocycles. The van der Waals surface area contributed by atoms with E-state index in [0.29, 0.717) is 35.5 Å². The zero-order chi connectivity index (χ0) is 20.0. The summed E-state index contributed by atoms with van der Waals surface area (Å²) < 4.78 is 1.26. The van der Waals surface area contributed by atoms with Crippen LogP contribution in [0.2, 0.25) is 0 Å². The summed E-state index contributed by atoms with van der Waals surface area (Å²) in [5, 5.41) is 5.46. The van der Waals surface area contributed by atoms with Crippen LogP contribution in [0.25, 0.3) is 10.8 Å². The molecule has 2 aromatic carbocycles. The van der Waals surface area contributed by atoms with E-state index < -0.39 is 0 Å². The maximum atomic E-state index is 13.2. The highest BCUT2D eigenvalue weighted by atomic mass is 16.2. The third-order valence-electron chi connectivity index (χ3n) is 6.02. The Morgan fingerprint density at radius 1 is 0.931 bits per heavy atom. The highest BCUT2D eigenvalue weighted by Gasteiger charge is 2.30. The molecule has 0 radical (unpaired) electrons. The van der Waals surface area contributed by atoms with Gasteiger partial charge < -0.3 is 9.80 Å². The number of amides is 1. The average molecular weight is 388 g/mol. The summed E-state index contributed by atoms with van der Waals surface area (Å²) in [7, 11) is 1.60. The first-order chi connectivity index (χ1) is 14.1. The Hall–Kier alpha value is -3.15. The van der Waals surface area contributed by atoms with E-state index in [2.05, 4.69) is 34.3 Å². The van der Waals surface area contributed by atoms with Crippen molar-refractivity contribution in [1.29, 1.82) is 0 Å². The van der Waals surface area contributed by atoms with Gasteiger partial charge in [-0.2, -0.15) is 5.10 Å². The first kappa shape index (κ1) is 17.9. The maximum absolute atomic E-state index is 13.2. The molecule has 0 unspecified atom stereocenters. The van der Waals surface area contributed by atoms with Gasteiger partial charge in [0.15, 0.2) is 5.69 Å². The minimum atomic E-state index is -0.182. The van der Waals surface area contributed by atoms with E-state index in [1.165, 1.54) is 28.8 Å². The van der Waals surface area contributed by atoms with Gasteiger partial charge in [-0.3, -0.25) is 9.59 Å². The van der Waals surface area contributed by atoms with Crippen LogP contribution in [-0.4, -0.2) is 46.8 Å². The molecule has 1 amide bonds. The average Bonchev–Trinajstić information content (AvgIpc) is 3.61. The van der Waals surface area contributed by atoms with Gasteiger partial charge in [0.25, 0.3) is 11.5 Å². The molecule has 2 heterocycles. The van der Waals surface area contributed by atoms with Gasteiger partial charge in [0.05, 0.1) is 5.39 Å². The molecule has 5 rings (SSSR count). The molecule has 0 spiro atoms. The van der Waals surface area contributed by atoms with Gasteiger partial charge in [0, 0.05) is 44.3 Å². The van der Waals surface area contributed by atoms with Crippen molar-refractivity contribution in [2.24, 2.45) is 7.05 Å². The number of rotatable bonds is 3. The Bertz CT molecular complexity index is 1140. The lowest BCUT2D eigenvalue weighted by Gasteiger charge is -2.37. The second-order valence-corrected chi connectivity index (χ2v) is 7.94. The quantitative estimate of drug-likeness (QED) is 0.692. The van der Waals surface area contributed by atoms with Crippen molar-refractivity contribution in [1.82, 2.24) is 14.7 Å². The van der Waals surface area contributed by atoms with Crippen LogP contribution in [0.3, 0.4) is 0 Å². The van der Waals surface area contributed by atoms with Crippen LogP contribution in [0, 0.1) is 0 Å². The van der Waals surface area contributed by atoms with Gasteiger partial charge in [-0.25, -0.2) is 4.68 Å². The summed E-state index contributed by atoms with van der Waals surface area (Å²) in [6, 6.07) is 15.9. The standard InChI is InChI=1S/C23H24N4O2/c1-25-22(28)19-8-3-2-7-18(19)21(24-25)23(29)27-14-12-26(13-15-27)20-9-5-4-6-17(20)16-10-11-16/h2-9,16H,10-15H2,1H3. The Kier molecular flexibility index (Phi) is 4.34. The van der Waals surface area contributed by atoms with Gasteiger partial charge in [-0.05, 0) is 36.5 Å². The lowest BCUT2D eigenvalue weighted by atomic mass is 10.1. The van der Waals surface area contributed by atoms with E-state index >= 15 is 0 Å². The number of aryl methyl sites for hydroxylation is 1. The monoisotopic (exact) mass is 388 g/mol. The molecule has 0 N–H and O–H groups in total. The molecular formula is C23H24N4O2. The summed E-state index contributed by atoms with van der Waals surface area (Å²) in [6.07, 6.45) is 2.56. The van der Waals surface area contributed by atoms with Crippen LogP contribution in [0.5, 0.6) is 0 Å². The first-order valence-corrected chi connectivity index (χ1v) is 10.2. The largest absolute Gasteiger partial charge is 0.368 e. The fraction of sp³-hybridized carbons (Fsp3) is 0.348. The normalized spacial score (nSPS) is 17.0. The Morgan fingerprint density at radius 3 is 2.31 bits per heavy atom. The number of carbonyl (C=O) groups excluding carboxylic acids is 1. The molecule has 1 aromatic heterocycles. The third-order valence-corrected chi connectivity index (χ3v) is 6.02. The zero-order valence-electron chi connectivity index (χ0n) is 16.5. The summed E-state index contributed by atoms with van der Waals surface area (Å²) in [5.41, 5.74) is 2.93. The van der Waals surface area contributed by atoms with E-state index in [1.807, 2.05) is 17.0 Å². The molecule has 148 valence electrons. The molecule has 1 aliphatic heterocycles. The fourth-order valence-electron chi connectivity index (χ4n) is 4.27. The molecule has 29 heavy (non-hydrogen) atoms. The van der Waals surface area contributed by atoms with Crippen molar-refractivity contribution in [3.63, 3.8) is 0 Å². The number of benzene rings is 2. The minimum Gasteiger partial charge on any atom is -0.368 e. The number of carbonyl (C=O) groups is 1. The zero-order valence-corrected chi connectivity index (χ0v) is 16.5. The number of hydrogen-bond acceptors (Lipinski definition) is 4. The summed E-state index contributed by atoms with van der Waals surface area (Å²) in [5.74, 6) is 0.596. The molecule has 1 saturated heterocycles. The number of fused-ring (bicyclic) bond motifs is 1. The number of anilines is 1. The van der Waals surface area contributed by atoms with E-state index in [9.17, 15) is 9.59 Å². The predicted molar refractivity (Wildman–Crippen MR) is 114 cm³/mol. The van der Waals surface area contributed by atoms with Crippen molar-refractivity contribution >= 4 is 22.4 Å². The third kappa shape index (κ3) is 3.18. The number of nitrogens with zero attached hydrogens (tertiary/aromatic N) is 4. The maximum Gasteiger partial charge on any atom is 0.275 e. The van der Waals surface area contributed by atoms with Crippen LogP contribution >= 0.6 is 0 Å². The molecule has 3 aromatic rings. The second-order valence-electron chi connectivity index (χ2n) is 7.94. The van der Waals surface area contributed by atoms with Gasteiger partial charge in [0.1, 0.15) is 0 Å². The van der Waals surface area contributed by atoms with Gasteiger partial charge in [0.2, 0.25) is 0 Å². The summed E-state index contributed by atoms with van der Waals surface area (Å²) in [4.78, 5) is 29.8. The van der Waals surface area contributed by atoms with Crippen molar-refractivity contribution in [3.8, 4) is 0 Å². The van der Waals surface area contributed by atoms with Crippen molar-refractivity contribution in [2.45, 2.75) is 18.8 Å². The number of para-hydroxylation sites is 1. The molecule has 0 bridgehead atoms. The van der Waals surface area contributed by atoms with Crippen LogP contribution in [0.1, 0.15) is 34.8 Å². The molecular weight excluding hydrogens is 364 g/mol. The van der Waals surface area contributed by atoms with Crippen LogP contribution < -0.4 is 10.5 Å². The number of aromatic nitrogens is 2. The lowest BCUT2D eigenvalue weighted by Crippen LogP contribution is -2.49. The van der Waals surface area contributed by atoms with Crippen molar-refractivity contribution < 1.29 is 4.79 Å². The van der Waals surface area contributed by atoms with E-state index in [0.717, 1.165) is 13.1 Å². The summed E-state index contributed by atoms with van der Waals surface area (Å²) in [6.45, 7) is 2.91. The highest BCUT2D eigenvalue weighted by Crippen LogP contribution is 2.44. The Morgan fingerprint density at radius 2 is 1.59 bits per heavy atom. The Labute approximate surface area is 169 Å². The van der Waals surface area contributed by atoms with Crippen molar-refractivity contribution in [3.05, 3.63) is 70.1 Å². The van der Waals surface area contributed by atoms with Crippen LogP contribution in [0.4, 0.5) is 5.69 Å². The molecule has 6 heteroatoms. The Balaban J connectivity index is 1.38. The highest BCUT2D eigenvalue weighted by molar-refractivity contribution is 6.04. The van der Waals surface area contributed by atoms with E-state index in [1.54, 1.807) is 19.2 Å². The van der Waals surface area contributed by atoms with Crippen LogP contribution in [-0.2, 0) is 7.05 Å². The second kappa shape index (κ2) is 7.03. The van der Waals surface area contributed by atoms with Gasteiger partial charge in [-0.15, -0.1) is 0 Å². The topological polar surface area (TPSA) is 58.4 Å². The molecule has 6 nitrogen and oxygen atoms in total. The lowest BCUT2D eigenvalue weighted by molar-refractivity contribution is 0.0740.